The van der Waals surface area contributed by atoms with Gasteiger partial charge in [-0.1, -0.05) is 6.92 Å². The van der Waals surface area contributed by atoms with E-state index in [-0.39, 0.29) is 18.3 Å². The standard InChI is InChI=1S/C11H22N2O2.ClH/c1-9-8-12-6-5-10(9)13-11(14)4-3-7-15-2;/h9-10,12H,3-8H2,1-2H3,(H,13,14);1H. The van der Waals surface area contributed by atoms with Crippen LogP contribution in [0.5, 0.6) is 0 Å². The predicted molar refractivity (Wildman–Crippen MR) is 66.9 cm³/mol. The number of amides is 1. The Balaban J connectivity index is 0.00000225. The number of carbonyl (C=O) groups is 1. The Bertz CT molecular complexity index is 202. The van der Waals surface area contributed by atoms with Gasteiger partial charge in [-0.25, -0.2) is 0 Å². The Kier molecular flexibility index (Phi) is 8.61. The first kappa shape index (κ1) is 15.7. The van der Waals surface area contributed by atoms with E-state index in [4.69, 9.17) is 4.74 Å². The van der Waals surface area contributed by atoms with Crippen molar-refractivity contribution in [2.45, 2.75) is 32.2 Å². The lowest BCUT2D eigenvalue weighted by Crippen LogP contribution is -2.48. The first-order valence-corrected chi connectivity index (χ1v) is 5.73. The molecule has 96 valence electrons. The Morgan fingerprint density at radius 1 is 1.56 bits per heavy atom. The summed E-state index contributed by atoms with van der Waals surface area (Å²) in [6, 6.07) is 0.348. The number of rotatable bonds is 5. The molecule has 1 aliphatic heterocycles. The summed E-state index contributed by atoms with van der Waals surface area (Å²) in [4.78, 5) is 11.5. The van der Waals surface area contributed by atoms with Crippen LogP contribution >= 0.6 is 12.4 Å². The first-order chi connectivity index (χ1) is 7.24. The SMILES string of the molecule is COCCCC(=O)NC1CCNCC1C.Cl. The lowest BCUT2D eigenvalue weighted by molar-refractivity contribution is -0.122. The normalized spacial score (nSPS) is 24.6. The molecule has 1 fully saturated rings. The second-order valence-electron chi connectivity index (χ2n) is 4.24. The highest BCUT2D eigenvalue weighted by Gasteiger charge is 2.21. The molecule has 0 aromatic carbocycles. The first-order valence-electron chi connectivity index (χ1n) is 5.73. The molecule has 1 amide bonds. The van der Waals surface area contributed by atoms with Crippen LogP contribution in [-0.2, 0) is 9.53 Å². The number of carbonyl (C=O) groups excluding carboxylic acids is 1. The van der Waals surface area contributed by atoms with Gasteiger partial charge in [0.25, 0.3) is 0 Å². The fourth-order valence-corrected chi connectivity index (χ4v) is 1.88. The lowest BCUT2D eigenvalue weighted by atomic mass is 9.95. The maximum Gasteiger partial charge on any atom is 0.220 e. The number of ether oxygens (including phenoxy) is 1. The molecule has 1 rings (SSSR count). The third-order valence-corrected chi connectivity index (χ3v) is 2.88. The molecular formula is C11H23ClN2O2. The average Bonchev–Trinajstić information content (AvgIpc) is 2.22. The van der Waals surface area contributed by atoms with E-state index >= 15 is 0 Å². The number of halogens is 1. The molecule has 0 aromatic heterocycles. The topological polar surface area (TPSA) is 50.4 Å². The van der Waals surface area contributed by atoms with Gasteiger partial charge in [0.1, 0.15) is 0 Å². The van der Waals surface area contributed by atoms with Crippen molar-refractivity contribution in [3.8, 4) is 0 Å². The molecule has 0 radical (unpaired) electrons. The van der Waals surface area contributed by atoms with Gasteiger partial charge in [0.2, 0.25) is 5.91 Å². The number of methoxy groups -OCH3 is 1. The van der Waals surface area contributed by atoms with E-state index < -0.39 is 0 Å². The van der Waals surface area contributed by atoms with Crippen molar-refractivity contribution in [1.29, 1.82) is 0 Å². The third kappa shape index (κ3) is 5.68. The summed E-state index contributed by atoms with van der Waals surface area (Å²) in [6.07, 6.45) is 2.42. The molecular weight excluding hydrogens is 228 g/mol. The van der Waals surface area contributed by atoms with E-state index in [0.29, 0.717) is 25.0 Å². The van der Waals surface area contributed by atoms with Crippen LogP contribution in [0.2, 0.25) is 0 Å². The summed E-state index contributed by atoms with van der Waals surface area (Å²) in [5.41, 5.74) is 0. The van der Waals surface area contributed by atoms with Crippen molar-refractivity contribution >= 4 is 18.3 Å². The Labute approximate surface area is 104 Å². The van der Waals surface area contributed by atoms with Crippen LogP contribution in [0.4, 0.5) is 0 Å². The second kappa shape index (κ2) is 8.79. The summed E-state index contributed by atoms with van der Waals surface area (Å²) in [6.45, 7) is 4.85. The molecule has 2 N–H and O–H groups in total. The van der Waals surface area contributed by atoms with Gasteiger partial charge in [-0.05, 0) is 31.8 Å². The van der Waals surface area contributed by atoms with E-state index in [1.807, 2.05) is 0 Å². The highest BCUT2D eigenvalue weighted by molar-refractivity contribution is 5.85. The maximum atomic E-state index is 11.5. The number of hydrogen-bond donors (Lipinski definition) is 2. The van der Waals surface area contributed by atoms with Gasteiger partial charge in [-0.2, -0.15) is 0 Å². The summed E-state index contributed by atoms with van der Waals surface area (Å²) < 4.78 is 4.91. The summed E-state index contributed by atoms with van der Waals surface area (Å²) in [5.74, 6) is 0.691. The zero-order chi connectivity index (χ0) is 11.1. The largest absolute Gasteiger partial charge is 0.385 e. The average molecular weight is 251 g/mol. The van der Waals surface area contributed by atoms with Crippen LogP contribution in [0.15, 0.2) is 0 Å². The van der Waals surface area contributed by atoms with Crippen molar-refractivity contribution in [3.05, 3.63) is 0 Å². The summed E-state index contributed by atoms with van der Waals surface area (Å²) >= 11 is 0. The maximum absolute atomic E-state index is 11.5. The van der Waals surface area contributed by atoms with Gasteiger partial charge in [0, 0.05) is 26.2 Å². The summed E-state index contributed by atoms with van der Waals surface area (Å²) in [5, 5.41) is 6.41. The van der Waals surface area contributed by atoms with Gasteiger partial charge in [0.05, 0.1) is 0 Å². The van der Waals surface area contributed by atoms with E-state index in [0.717, 1.165) is 25.9 Å². The molecule has 16 heavy (non-hydrogen) atoms. The molecule has 1 saturated heterocycles. The predicted octanol–water partition coefficient (Wildman–Crippen LogP) is 0.949. The van der Waals surface area contributed by atoms with Gasteiger partial charge in [-0.3, -0.25) is 4.79 Å². The van der Waals surface area contributed by atoms with Crippen LogP contribution < -0.4 is 10.6 Å². The molecule has 0 aromatic rings. The van der Waals surface area contributed by atoms with Gasteiger partial charge < -0.3 is 15.4 Å². The monoisotopic (exact) mass is 250 g/mol. The quantitative estimate of drug-likeness (QED) is 0.715. The zero-order valence-electron chi connectivity index (χ0n) is 10.1. The van der Waals surface area contributed by atoms with E-state index in [1.165, 1.54) is 0 Å². The smallest absolute Gasteiger partial charge is 0.220 e. The van der Waals surface area contributed by atoms with Gasteiger partial charge in [-0.15, -0.1) is 12.4 Å². The molecule has 0 saturated carbocycles. The third-order valence-electron chi connectivity index (χ3n) is 2.88. The highest BCUT2D eigenvalue weighted by atomic mass is 35.5. The molecule has 4 nitrogen and oxygen atoms in total. The van der Waals surface area contributed by atoms with Gasteiger partial charge in [0.15, 0.2) is 0 Å². The Morgan fingerprint density at radius 2 is 2.31 bits per heavy atom. The van der Waals surface area contributed by atoms with Crippen molar-refractivity contribution in [1.82, 2.24) is 10.6 Å². The van der Waals surface area contributed by atoms with Crippen LogP contribution in [0.3, 0.4) is 0 Å². The fraction of sp³-hybridized carbons (Fsp3) is 0.909. The molecule has 0 spiro atoms. The molecule has 0 aliphatic carbocycles. The minimum Gasteiger partial charge on any atom is -0.385 e. The van der Waals surface area contributed by atoms with Crippen LogP contribution in [0.1, 0.15) is 26.2 Å². The Morgan fingerprint density at radius 3 is 2.94 bits per heavy atom. The highest BCUT2D eigenvalue weighted by Crippen LogP contribution is 2.10. The van der Waals surface area contributed by atoms with Crippen LogP contribution in [0, 0.1) is 5.92 Å². The van der Waals surface area contributed by atoms with E-state index in [9.17, 15) is 4.79 Å². The number of nitrogens with one attached hydrogen (secondary N) is 2. The summed E-state index contributed by atoms with van der Waals surface area (Å²) in [7, 11) is 1.66. The van der Waals surface area contributed by atoms with Crippen molar-refractivity contribution in [3.63, 3.8) is 0 Å². The van der Waals surface area contributed by atoms with Crippen molar-refractivity contribution < 1.29 is 9.53 Å². The van der Waals surface area contributed by atoms with E-state index in [1.54, 1.807) is 7.11 Å². The molecule has 2 unspecified atom stereocenters. The zero-order valence-corrected chi connectivity index (χ0v) is 10.9. The van der Waals surface area contributed by atoms with E-state index in [2.05, 4.69) is 17.6 Å². The second-order valence-corrected chi connectivity index (χ2v) is 4.24. The molecule has 0 bridgehead atoms. The van der Waals surface area contributed by atoms with Crippen LogP contribution in [-0.4, -0.2) is 38.8 Å². The van der Waals surface area contributed by atoms with Crippen molar-refractivity contribution in [2.24, 2.45) is 5.92 Å². The minimum absolute atomic E-state index is 0. The van der Waals surface area contributed by atoms with Gasteiger partial charge >= 0.3 is 0 Å². The minimum atomic E-state index is 0. The number of piperidine rings is 1. The van der Waals surface area contributed by atoms with Crippen LogP contribution in [0.25, 0.3) is 0 Å². The van der Waals surface area contributed by atoms with Crippen molar-refractivity contribution in [2.75, 3.05) is 26.8 Å². The molecule has 1 aliphatic rings. The Hall–Kier alpha value is -0.320. The number of hydrogen-bond acceptors (Lipinski definition) is 3. The molecule has 2 atom stereocenters. The fourth-order valence-electron chi connectivity index (χ4n) is 1.88. The molecule has 1 heterocycles. The lowest BCUT2D eigenvalue weighted by Gasteiger charge is -2.30. The molecule has 5 heteroatoms.